The van der Waals surface area contributed by atoms with E-state index in [1.165, 1.54) is 135 Å². The number of carbonyl (C=O) groups is 4. The molecular formula is C67H118O12. The summed E-state index contributed by atoms with van der Waals surface area (Å²) in [7, 11) is 0. The van der Waals surface area contributed by atoms with Gasteiger partial charge in [0.25, 0.3) is 0 Å². The molecule has 458 valence electrons. The minimum Gasteiger partial charge on any atom is -0.479 e. The van der Waals surface area contributed by atoms with Crippen LogP contribution in [0, 0.1) is 0 Å². The van der Waals surface area contributed by atoms with E-state index < -0.39 is 67.3 Å². The molecule has 12 heteroatoms. The first-order valence-electron chi connectivity index (χ1n) is 32.6. The van der Waals surface area contributed by atoms with E-state index in [0.717, 1.165) is 109 Å². The summed E-state index contributed by atoms with van der Waals surface area (Å²) >= 11 is 0. The molecule has 0 spiro atoms. The Morgan fingerprint density at radius 3 is 1.18 bits per heavy atom. The Morgan fingerprint density at radius 1 is 0.418 bits per heavy atom. The molecular weight excluding hydrogens is 997 g/mol. The minimum atomic E-state index is -1.91. The molecule has 12 nitrogen and oxygen atoms in total. The number of esters is 3. The number of aliphatic carboxylic acids is 1. The SMILES string of the molecule is CCCCC/C=C\C/C=C\CCCCCCCCCC(=O)OCC(COC1OC(C(=O)O)C(O)C(O)C1OC(=O)CCCCCCC/C=C\CCCCCCCC)OC(=O)CCCCCCCCC/C=C\CCCCCCCC. The van der Waals surface area contributed by atoms with Crippen molar-refractivity contribution in [2.24, 2.45) is 0 Å². The molecule has 1 fully saturated rings. The number of aliphatic hydroxyl groups is 2. The Labute approximate surface area is 482 Å². The maximum absolute atomic E-state index is 13.2. The van der Waals surface area contributed by atoms with Crippen LogP contribution in [-0.2, 0) is 42.9 Å². The van der Waals surface area contributed by atoms with Crippen LogP contribution in [0.1, 0.15) is 303 Å². The van der Waals surface area contributed by atoms with Crippen LogP contribution in [0.25, 0.3) is 0 Å². The summed E-state index contributed by atoms with van der Waals surface area (Å²) in [4.78, 5) is 51.3. The lowest BCUT2D eigenvalue weighted by Gasteiger charge is -2.40. The van der Waals surface area contributed by atoms with E-state index in [9.17, 15) is 34.5 Å². The standard InChI is InChI=1S/C67H118O12/c1-4-7-10-13-16-19-22-25-28-30-33-35-38-41-44-47-50-53-59(68)75-56-58(77-60(69)54-51-48-45-42-39-37-34-31-29-26-23-20-17-14-11-8-5-2)57-76-67-65(63(72)62(71)64(79-67)66(73)74)78-61(70)55-52-49-46-43-40-36-32-27-24-21-18-15-12-9-6-3/h16,19,25-29,32,58,62-65,67,71-72H,4-15,17-18,20-24,30-31,33-57H2,1-3H3,(H,73,74)/b19-16-,28-25-,29-26-,32-27-. The lowest BCUT2D eigenvalue weighted by molar-refractivity contribution is -0.301. The van der Waals surface area contributed by atoms with Crippen LogP contribution in [0.2, 0.25) is 0 Å². The third-order valence-electron chi connectivity index (χ3n) is 14.8. The molecule has 1 aliphatic heterocycles. The third kappa shape index (κ3) is 45.0. The second kappa shape index (κ2) is 55.2. The maximum atomic E-state index is 13.2. The van der Waals surface area contributed by atoms with Gasteiger partial charge in [0, 0.05) is 19.3 Å². The first-order chi connectivity index (χ1) is 38.6. The Morgan fingerprint density at radius 2 is 0.759 bits per heavy atom. The molecule has 0 aromatic carbocycles. The summed E-state index contributed by atoms with van der Waals surface area (Å²) in [5, 5.41) is 31.6. The molecule has 0 radical (unpaired) electrons. The van der Waals surface area contributed by atoms with Gasteiger partial charge >= 0.3 is 23.9 Å². The molecule has 0 aliphatic carbocycles. The zero-order valence-corrected chi connectivity index (χ0v) is 50.6. The van der Waals surface area contributed by atoms with Gasteiger partial charge in [-0.25, -0.2) is 4.79 Å². The van der Waals surface area contributed by atoms with E-state index in [0.29, 0.717) is 19.3 Å². The second-order valence-electron chi connectivity index (χ2n) is 22.4. The van der Waals surface area contributed by atoms with Crippen LogP contribution in [0.5, 0.6) is 0 Å². The molecule has 6 atom stereocenters. The Bertz CT molecular complexity index is 1560. The average molecular weight is 1120 g/mol. The monoisotopic (exact) mass is 1110 g/mol. The molecule has 0 amide bonds. The van der Waals surface area contributed by atoms with Gasteiger partial charge in [-0.1, -0.05) is 230 Å². The van der Waals surface area contributed by atoms with Crippen LogP contribution >= 0.6 is 0 Å². The zero-order chi connectivity index (χ0) is 57.5. The fourth-order valence-electron chi connectivity index (χ4n) is 9.80. The second-order valence-corrected chi connectivity index (χ2v) is 22.4. The number of hydrogen-bond donors (Lipinski definition) is 3. The van der Waals surface area contributed by atoms with Crippen molar-refractivity contribution in [3.05, 3.63) is 48.6 Å². The van der Waals surface area contributed by atoms with Gasteiger partial charge in [-0.3, -0.25) is 14.4 Å². The van der Waals surface area contributed by atoms with Crippen molar-refractivity contribution in [2.45, 2.75) is 340 Å². The fourth-order valence-corrected chi connectivity index (χ4v) is 9.80. The van der Waals surface area contributed by atoms with Crippen molar-refractivity contribution < 1.29 is 58.2 Å². The fraction of sp³-hybridized carbons (Fsp3) is 0.821. The Kier molecular flexibility index (Phi) is 51.5. The van der Waals surface area contributed by atoms with Gasteiger partial charge in [-0.2, -0.15) is 0 Å². The van der Waals surface area contributed by atoms with Crippen molar-refractivity contribution in [1.29, 1.82) is 0 Å². The molecule has 1 rings (SSSR count). The summed E-state index contributed by atoms with van der Waals surface area (Å²) in [5.74, 6) is -3.12. The molecule has 0 aromatic heterocycles. The van der Waals surface area contributed by atoms with Gasteiger partial charge < -0.3 is 39.0 Å². The molecule has 1 saturated heterocycles. The molecule has 0 aromatic rings. The van der Waals surface area contributed by atoms with Gasteiger partial charge in [-0.15, -0.1) is 0 Å². The van der Waals surface area contributed by atoms with Gasteiger partial charge in [-0.05, 0) is 103 Å². The maximum Gasteiger partial charge on any atom is 0.335 e. The number of carboxylic acids is 1. The first kappa shape index (κ1) is 73.7. The lowest BCUT2D eigenvalue weighted by atomic mass is 9.98. The van der Waals surface area contributed by atoms with Crippen LogP contribution < -0.4 is 0 Å². The van der Waals surface area contributed by atoms with Crippen LogP contribution in [-0.4, -0.2) is 89.2 Å². The van der Waals surface area contributed by atoms with E-state index in [1.807, 2.05) is 0 Å². The number of ether oxygens (including phenoxy) is 5. The smallest absolute Gasteiger partial charge is 0.335 e. The highest BCUT2D eigenvalue weighted by atomic mass is 16.7. The summed E-state index contributed by atoms with van der Waals surface area (Å²) < 4.78 is 28.5. The topological polar surface area (TPSA) is 175 Å². The third-order valence-corrected chi connectivity index (χ3v) is 14.8. The average Bonchev–Trinajstić information content (AvgIpc) is 3.46. The van der Waals surface area contributed by atoms with Crippen molar-refractivity contribution in [2.75, 3.05) is 13.2 Å². The van der Waals surface area contributed by atoms with Crippen molar-refractivity contribution in [3.8, 4) is 0 Å². The van der Waals surface area contributed by atoms with E-state index in [-0.39, 0.29) is 25.9 Å². The number of aliphatic hydroxyl groups excluding tert-OH is 2. The molecule has 0 saturated carbocycles. The summed E-state index contributed by atoms with van der Waals surface area (Å²) in [6, 6.07) is 0. The Balaban J connectivity index is 2.67. The summed E-state index contributed by atoms with van der Waals surface area (Å²) in [6.07, 6.45) is 54.9. The molecule has 6 unspecified atom stereocenters. The number of rotatable bonds is 56. The number of carbonyl (C=O) groups excluding carboxylic acids is 3. The predicted octanol–water partition coefficient (Wildman–Crippen LogP) is 17.3. The number of unbranched alkanes of at least 4 members (excludes halogenated alkanes) is 34. The highest BCUT2D eigenvalue weighted by Crippen LogP contribution is 2.27. The van der Waals surface area contributed by atoms with Gasteiger partial charge in [0.05, 0.1) is 6.61 Å². The molecule has 0 bridgehead atoms. The van der Waals surface area contributed by atoms with Crippen molar-refractivity contribution in [3.63, 3.8) is 0 Å². The van der Waals surface area contributed by atoms with E-state index >= 15 is 0 Å². The van der Waals surface area contributed by atoms with Gasteiger partial charge in [0.15, 0.2) is 24.6 Å². The largest absolute Gasteiger partial charge is 0.479 e. The van der Waals surface area contributed by atoms with E-state index in [4.69, 9.17) is 23.7 Å². The van der Waals surface area contributed by atoms with Gasteiger partial charge in [0.1, 0.15) is 18.8 Å². The molecule has 1 heterocycles. The van der Waals surface area contributed by atoms with Crippen molar-refractivity contribution >= 4 is 23.9 Å². The van der Waals surface area contributed by atoms with Crippen LogP contribution in [0.15, 0.2) is 48.6 Å². The molecule has 79 heavy (non-hydrogen) atoms. The predicted molar refractivity (Wildman–Crippen MR) is 322 cm³/mol. The first-order valence-corrected chi connectivity index (χ1v) is 32.6. The highest BCUT2D eigenvalue weighted by Gasteiger charge is 2.50. The Hall–Kier alpha value is -3.32. The molecule has 3 N–H and O–H groups in total. The van der Waals surface area contributed by atoms with Crippen LogP contribution in [0.4, 0.5) is 0 Å². The number of hydrogen-bond acceptors (Lipinski definition) is 11. The number of allylic oxidation sites excluding steroid dienone is 8. The molecule has 1 aliphatic rings. The lowest BCUT2D eigenvalue weighted by Crippen LogP contribution is -2.61. The van der Waals surface area contributed by atoms with Gasteiger partial charge in [0.2, 0.25) is 0 Å². The van der Waals surface area contributed by atoms with E-state index in [1.54, 1.807) is 0 Å². The highest BCUT2D eigenvalue weighted by molar-refractivity contribution is 5.74. The zero-order valence-electron chi connectivity index (χ0n) is 50.6. The summed E-state index contributed by atoms with van der Waals surface area (Å²) in [6.45, 7) is 5.98. The van der Waals surface area contributed by atoms with Crippen molar-refractivity contribution in [1.82, 2.24) is 0 Å². The number of carboxylic acid groups (broad SMARTS) is 1. The van der Waals surface area contributed by atoms with E-state index in [2.05, 4.69) is 69.4 Å². The summed E-state index contributed by atoms with van der Waals surface area (Å²) in [5.41, 5.74) is 0. The minimum absolute atomic E-state index is 0.0509. The van der Waals surface area contributed by atoms with Crippen LogP contribution in [0.3, 0.4) is 0 Å². The quantitative estimate of drug-likeness (QED) is 0.0228. The normalized spacial score (nSPS) is 18.1.